The Labute approximate surface area is 212 Å². The monoisotopic (exact) mass is 526 g/mol. The van der Waals surface area contributed by atoms with E-state index in [-0.39, 0.29) is 24.3 Å². The molecule has 1 aliphatic heterocycles. The number of nitrogens with two attached hydrogens (primary N) is 1. The average Bonchev–Trinajstić information content (AvgIpc) is 3.02. The largest absolute Gasteiger partial charge is 0.487 e. The Kier molecular flexibility index (Phi) is 8.24. The first-order valence-electron chi connectivity index (χ1n) is 11.7. The summed E-state index contributed by atoms with van der Waals surface area (Å²) in [5.74, 6) is -1.46. The van der Waals surface area contributed by atoms with E-state index in [0.717, 1.165) is 15.4 Å². The minimum Gasteiger partial charge on any atom is -0.487 e. The second-order valence-electron chi connectivity index (χ2n) is 10.7. The Balaban J connectivity index is 2.30. The molecule has 202 valence electrons. The quantitative estimate of drug-likeness (QED) is 0.296. The number of hydrogen-bond acceptors (Lipinski definition) is 7. The van der Waals surface area contributed by atoms with Crippen molar-refractivity contribution in [2.45, 2.75) is 96.8 Å². The molecule has 0 radical (unpaired) electrons. The van der Waals surface area contributed by atoms with Gasteiger partial charge in [0.25, 0.3) is 10.0 Å². The Morgan fingerprint density at radius 3 is 2.31 bits per heavy atom. The first kappa shape index (κ1) is 29.2. The highest BCUT2D eigenvalue weighted by atomic mass is 32.2. The molecule has 2 rings (SSSR count). The summed E-state index contributed by atoms with van der Waals surface area (Å²) in [5.41, 5.74) is 7.15. The van der Waals surface area contributed by atoms with Crippen molar-refractivity contribution in [3.05, 3.63) is 22.3 Å². The number of nitrogens with zero attached hydrogens (tertiary/aromatic N) is 1. The third kappa shape index (κ3) is 6.40. The van der Waals surface area contributed by atoms with Gasteiger partial charge in [-0.3, -0.25) is 5.41 Å². The molecule has 1 aliphatic rings. The fourth-order valence-electron chi connectivity index (χ4n) is 4.28. The van der Waals surface area contributed by atoms with Gasteiger partial charge in [-0.15, -0.1) is 0 Å². The van der Waals surface area contributed by atoms with Crippen molar-refractivity contribution in [3.63, 3.8) is 0 Å². The molecule has 1 unspecified atom stereocenters. The highest BCUT2D eigenvalue weighted by Crippen LogP contribution is 2.44. The van der Waals surface area contributed by atoms with E-state index in [1.807, 2.05) is 20.8 Å². The van der Waals surface area contributed by atoms with Crippen LogP contribution in [0.15, 0.2) is 4.90 Å². The fraction of sp³-hybridized carbons (Fsp3) is 0.625. The number of carbonyl (C=O) groups is 2. The number of fused-ring (bicyclic) bond motifs is 1. The lowest BCUT2D eigenvalue weighted by atomic mass is 9.93. The molecule has 0 aliphatic carbocycles. The highest BCUT2D eigenvalue weighted by molar-refractivity contribution is 7.89. The predicted octanol–water partition coefficient (Wildman–Crippen LogP) is 2.97. The van der Waals surface area contributed by atoms with Gasteiger partial charge in [0.15, 0.2) is 0 Å². The number of carboxylic acids is 1. The Bertz CT molecular complexity index is 1170. The van der Waals surface area contributed by atoms with E-state index in [2.05, 4.69) is 5.32 Å². The predicted molar refractivity (Wildman–Crippen MR) is 135 cm³/mol. The van der Waals surface area contributed by atoms with Crippen molar-refractivity contribution >= 4 is 28.0 Å². The third-order valence-electron chi connectivity index (χ3n) is 5.95. The molecule has 1 heterocycles. The van der Waals surface area contributed by atoms with Crippen LogP contribution in [0.1, 0.15) is 69.7 Å². The maximum Gasteiger partial charge on any atom is 0.408 e. The zero-order valence-corrected chi connectivity index (χ0v) is 23.1. The summed E-state index contributed by atoms with van der Waals surface area (Å²) in [7, 11) is -4.26. The van der Waals surface area contributed by atoms with Crippen LogP contribution in [0.3, 0.4) is 0 Å². The number of sulfonamides is 1. The van der Waals surface area contributed by atoms with Crippen LogP contribution in [-0.4, -0.2) is 59.6 Å². The second-order valence-corrected chi connectivity index (χ2v) is 12.5. The number of carboxylic acid groups (broad SMARTS) is 1. The van der Waals surface area contributed by atoms with Crippen LogP contribution in [0.2, 0.25) is 0 Å². The molecule has 0 saturated carbocycles. The minimum absolute atomic E-state index is 0.0110. The van der Waals surface area contributed by atoms with E-state index in [4.69, 9.17) is 20.6 Å². The highest BCUT2D eigenvalue weighted by Gasteiger charge is 2.38. The standard InChI is InChI=1S/C24H38N4O7S/c1-13-14(2)19(15(3)18-16(13)12-24(7,8)34-18)36(32,33)28(21(25)26)11-9-10-17(20(29)30)27-22(31)35-23(4,5)6/h17H,9-12H2,1-8H3,(H3,25,26)(H,27,31)(H,29,30). The van der Waals surface area contributed by atoms with Gasteiger partial charge < -0.3 is 25.6 Å². The number of rotatable bonds is 8. The second kappa shape index (κ2) is 10.2. The van der Waals surface area contributed by atoms with Crippen LogP contribution in [0.5, 0.6) is 5.75 Å². The van der Waals surface area contributed by atoms with Crippen LogP contribution in [0, 0.1) is 26.2 Å². The van der Waals surface area contributed by atoms with Gasteiger partial charge >= 0.3 is 12.1 Å². The number of alkyl carbamates (subject to hydrolysis) is 1. The maximum atomic E-state index is 13.7. The van der Waals surface area contributed by atoms with Crippen molar-refractivity contribution in [3.8, 4) is 5.75 Å². The van der Waals surface area contributed by atoms with Crippen LogP contribution in [0.25, 0.3) is 0 Å². The number of guanidine groups is 1. The van der Waals surface area contributed by atoms with E-state index in [1.54, 1.807) is 34.6 Å². The van der Waals surface area contributed by atoms with Gasteiger partial charge in [0.05, 0.1) is 4.90 Å². The zero-order valence-electron chi connectivity index (χ0n) is 22.2. The fourth-order valence-corrected chi connectivity index (χ4v) is 6.15. The minimum atomic E-state index is -4.26. The first-order chi connectivity index (χ1) is 16.3. The molecule has 0 saturated heterocycles. The van der Waals surface area contributed by atoms with Crippen LogP contribution in [0.4, 0.5) is 4.79 Å². The van der Waals surface area contributed by atoms with E-state index < -0.39 is 45.3 Å². The Morgan fingerprint density at radius 2 is 1.81 bits per heavy atom. The number of benzene rings is 1. The Hall–Kier alpha value is -3.02. The average molecular weight is 527 g/mol. The molecule has 1 amide bonds. The topological polar surface area (TPSA) is 172 Å². The molecule has 5 N–H and O–H groups in total. The van der Waals surface area contributed by atoms with Gasteiger partial charge in [0.1, 0.15) is 23.0 Å². The first-order valence-corrected chi connectivity index (χ1v) is 13.1. The molecular weight excluding hydrogens is 488 g/mol. The van der Waals surface area contributed by atoms with E-state index in [1.165, 1.54) is 0 Å². The van der Waals surface area contributed by atoms with Crippen molar-refractivity contribution in [1.82, 2.24) is 9.62 Å². The van der Waals surface area contributed by atoms with Gasteiger partial charge in [-0.25, -0.2) is 22.3 Å². The molecule has 0 bridgehead atoms. The molecule has 1 aromatic rings. The summed E-state index contributed by atoms with van der Waals surface area (Å²) in [5, 5.41) is 19.7. The molecule has 0 aromatic heterocycles. The van der Waals surface area contributed by atoms with Crippen LogP contribution < -0.4 is 15.8 Å². The number of carbonyl (C=O) groups excluding carboxylic acids is 1. The van der Waals surface area contributed by atoms with Crippen molar-refractivity contribution in [2.75, 3.05) is 6.54 Å². The van der Waals surface area contributed by atoms with Crippen molar-refractivity contribution in [1.29, 1.82) is 5.41 Å². The molecule has 11 nitrogen and oxygen atoms in total. The summed E-state index contributed by atoms with van der Waals surface area (Å²) < 4.78 is 39.3. The molecule has 1 atom stereocenters. The maximum absolute atomic E-state index is 13.7. The summed E-state index contributed by atoms with van der Waals surface area (Å²) in [4.78, 5) is 23.7. The van der Waals surface area contributed by atoms with E-state index in [0.29, 0.717) is 23.3 Å². The van der Waals surface area contributed by atoms with Crippen molar-refractivity contribution in [2.24, 2.45) is 5.73 Å². The molecule has 0 fully saturated rings. The summed E-state index contributed by atoms with van der Waals surface area (Å²) >= 11 is 0. The smallest absolute Gasteiger partial charge is 0.408 e. The molecule has 36 heavy (non-hydrogen) atoms. The number of ether oxygens (including phenoxy) is 2. The number of amides is 1. The van der Waals surface area contributed by atoms with Gasteiger partial charge in [-0.2, -0.15) is 0 Å². The molecule has 1 aromatic carbocycles. The lowest BCUT2D eigenvalue weighted by molar-refractivity contribution is -0.139. The van der Waals surface area contributed by atoms with Gasteiger partial charge in [0.2, 0.25) is 5.96 Å². The lowest BCUT2D eigenvalue weighted by Gasteiger charge is -2.27. The third-order valence-corrected chi connectivity index (χ3v) is 8.04. The summed E-state index contributed by atoms with van der Waals surface area (Å²) in [6, 6.07) is -1.31. The number of aliphatic carboxylic acids is 1. The molecule has 12 heteroatoms. The van der Waals surface area contributed by atoms with Crippen LogP contribution >= 0.6 is 0 Å². The van der Waals surface area contributed by atoms with E-state index in [9.17, 15) is 23.1 Å². The normalized spacial score (nSPS) is 15.4. The SMILES string of the molecule is Cc1c(C)c(S(=O)(=O)N(CCCC(NC(=O)OC(C)(C)C)C(=O)O)C(=N)N)c(C)c2c1CC(C)(C)O2. The number of nitrogens with one attached hydrogen (secondary N) is 2. The lowest BCUT2D eigenvalue weighted by Crippen LogP contribution is -2.45. The zero-order chi connectivity index (χ0) is 27.8. The summed E-state index contributed by atoms with van der Waals surface area (Å²) in [6.45, 7) is 13.8. The van der Waals surface area contributed by atoms with Gasteiger partial charge in [-0.1, -0.05) is 0 Å². The molecular formula is C24H38N4O7S. The van der Waals surface area contributed by atoms with Crippen LogP contribution in [-0.2, 0) is 26.0 Å². The number of hydrogen-bond donors (Lipinski definition) is 4. The van der Waals surface area contributed by atoms with Gasteiger partial charge in [-0.05, 0) is 79.4 Å². The van der Waals surface area contributed by atoms with Gasteiger partial charge in [0, 0.05) is 24.1 Å². The van der Waals surface area contributed by atoms with E-state index >= 15 is 0 Å². The Morgan fingerprint density at radius 1 is 1.22 bits per heavy atom. The summed E-state index contributed by atoms with van der Waals surface area (Å²) in [6.07, 6.45) is -0.342. The van der Waals surface area contributed by atoms with Crippen molar-refractivity contribution < 1.29 is 32.6 Å². The molecule has 0 spiro atoms.